The summed E-state index contributed by atoms with van der Waals surface area (Å²) >= 11 is 1.43. The molecule has 2 rings (SSSR count). The van der Waals surface area contributed by atoms with Gasteiger partial charge in [-0.25, -0.2) is 4.68 Å². The highest BCUT2D eigenvalue weighted by Crippen LogP contribution is 2.28. The molecule has 0 aliphatic carbocycles. The molecule has 0 amide bonds. The maximum absolute atomic E-state index is 11.7. The summed E-state index contributed by atoms with van der Waals surface area (Å²) in [6, 6.07) is 5.17. The second-order valence-electron chi connectivity index (χ2n) is 4.27. The van der Waals surface area contributed by atoms with Crippen LogP contribution in [0.3, 0.4) is 0 Å². The molecule has 0 atom stereocenters. The van der Waals surface area contributed by atoms with Crippen LogP contribution in [0.2, 0.25) is 0 Å². The fraction of sp³-hybridized carbons (Fsp3) is 0.200. The number of thioether (sulfide) groups is 1. The van der Waals surface area contributed by atoms with Gasteiger partial charge in [0, 0.05) is 5.75 Å². The van der Waals surface area contributed by atoms with Gasteiger partial charge in [-0.2, -0.15) is 5.10 Å². The number of methoxy groups -OCH3 is 1. The predicted molar refractivity (Wildman–Crippen MR) is 89.2 cm³/mol. The second-order valence-corrected chi connectivity index (χ2v) is 5.30. The van der Waals surface area contributed by atoms with Crippen LogP contribution in [0.25, 0.3) is 0 Å². The van der Waals surface area contributed by atoms with E-state index >= 15 is 0 Å². The third kappa shape index (κ3) is 5.26. The van der Waals surface area contributed by atoms with Crippen LogP contribution in [-0.4, -0.2) is 45.7 Å². The predicted octanol–water partition coefficient (Wildman–Crippen LogP) is 1.99. The van der Waals surface area contributed by atoms with Gasteiger partial charge in [0.1, 0.15) is 12.7 Å². The molecule has 0 aliphatic heterocycles. The lowest BCUT2D eigenvalue weighted by molar-refractivity contribution is -0.131. The van der Waals surface area contributed by atoms with Crippen molar-refractivity contribution in [2.75, 3.05) is 18.6 Å². The Hall–Kier alpha value is -2.61. The Labute approximate surface area is 138 Å². The SMILES string of the molecule is C=CCSCC(=O)Oc1ccc(/C=N\n2cnnc2)cc1OC. The molecule has 0 fully saturated rings. The maximum atomic E-state index is 11.7. The van der Waals surface area contributed by atoms with Crippen molar-refractivity contribution in [2.24, 2.45) is 5.10 Å². The van der Waals surface area contributed by atoms with E-state index in [0.29, 0.717) is 17.3 Å². The van der Waals surface area contributed by atoms with Gasteiger partial charge in [0.15, 0.2) is 11.5 Å². The second kappa shape index (κ2) is 8.74. The van der Waals surface area contributed by atoms with E-state index in [-0.39, 0.29) is 11.7 Å². The molecule has 23 heavy (non-hydrogen) atoms. The van der Waals surface area contributed by atoms with E-state index in [9.17, 15) is 4.79 Å². The summed E-state index contributed by atoms with van der Waals surface area (Å²) in [5.74, 6) is 1.45. The zero-order valence-corrected chi connectivity index (χ0v) is 13.4. The van der Waals surface area contributed by atoms with Gasteiger partial charge in [-0.3, -0.25) is 4.79 Å². The Bertz CT molecular complexity index is 686. The summed E-state index contributed by atoms with van der Waals surface area (Å²) in [4.78, 5) is 11.7. The number of aromatic nitrogens is 3. The average molecular weight is 332 g/mol. The number of hydrogen-bond acceptors (Lipinski definition) is 7. The lowest BCUT2D eigenvalue weighted by Crippen LogP contribution is -2.11. The summed E-state index contributed by atoms with van der Waals surface area (Å²) in [6.07, 6.45) is 6.31. The highest BCUT2D eigenvalue weighted by atomic mass is 32.2. The number of esters is 1. The van der Waals surface area contributed by atoms with Crippen LogP contribution in [0.5, 0.6) is 11.5 Å². The molecule has 0 saturated carbocycles. The first-order chi connectivity index (χ1) is 11.2. The molecule has 0 aliphatic rings. The fourth-order valence-electron chi connectivity index (χ4n) is 1.61. The molecule has 1 aromatic carbocycles. The molecule has 0 bridgehead atoms. The number of ether oxygens (including phenoxy) is 2. The average Bonchev–Trinajstić information content (AvgIpc) is 3.07. The van der Waals surface area contributed by atoms with Gasteiger partial charge in [-0.05, 0) is 23.8 Å². The molecule has 2 aromatic rings. The fourth-order valence-corrected chi connectivity index (χ4v) is 2.12. The summed E-state index contributed by atoms with van der Waals surface area (Å²) in [6.45, 7) is 3.60. The first kappa shape index (κ1) is 16.8. The molecule has 1 aromatic heterocycles. The Morgan fingerprint density at radius 3 is 2.87 bits per heavy atom. The largest absolute Gasteiger partial charge is 0.493 e. The highest BCUT2D eigenvalue weighted by Gasteiger charge is 2.10. The van der Waals surface area contributed by atoms with Crippen molar-refractivity contribution in [3.63, 3.8) is 0 Å². The van der Waals surface area contributed by atoms with Crippen molar-refractivity contribution in [2.45, 2.75) is 0 Å². The van der Waals surface area contributed by atoms with Crippen molar-refractivity contribution in [1.29, 1.82) is 0 Å². The first-order valence-electron chi connectivity index (χ1n) is 6.69. The number of carbonyl (C=O) groups excluding carboxylic acids is 1. The summed E-state index contributed by atoms with van der Waals surface area (Å²) in [5.41, 5.74) is 0.788. The Kier molecular flexibility index (Phi) is 6.37. The minimum Gasteiger partial charge on any atom is -0.493 e. The summed E-state index contributed by atoms with van der Waals surface area (Å²) < 4.78 is 12.0. The van der Waals surface area contributed by atoms with Crippen molar-refractivity contribution in [1.82, 2.24) is 14.9 Å². The van der Waals surface area contributed by atoms with Crippen LogP contribution >= 0.6 is 11.8 Å². The molecule has 0 spiro atoms. The summed E-state index contributed by atoms with van der Waals surface area (Å²) in [7, 11) is 1.51. The number of rotatable bonds is 8. The molecule has 1 heterocycles. The lowest BCUT2D eigenvalue weighted by atomic mass is 10.2. The minimum atomic E-state index is -0.332. The standard InChI is InChI=1S/C15H16N4O3S/c1-3-6-23-9-15(20)22-13-5-4-12(7-14(13)21-2)8-18-19-10-16-17-11-19/h3-5,7-8,10-11H,1,6,9H2,2H3/b18-8-. The van der Waals surface area contributed by atoms with Gasteiger partial charge in [-0.15, -0.1) is 28.5 Å². The zero-order chi connectivity index (χ0) is 16.5. The monoisotopic (exact) mass is 332 g/mol. The van der Waals surface area contributed by atoms with Gasteiger partial charge in [0.05, 0.1) is 19.1 Å². The van der Waals surface area contributed by atoms with Crippen LogP contribution in [0.4, 0.5) is 0 Å². The number of carbonyl (C=O) groups is 1. The molecule has 120 valence electrons. The molecular weight excluding hydrogens is 316 g/mol. The molecule has 8 heteroatoms. The molecular formula is C15H16N4O3S. The van der Waals surface area contributed by atoms with Crippen LogP contribution in [-0.2, 0) is 4.79 Å². The molecule has 0 N–H and O–H groups in total. The minimum absolute atomic E-state index is 0.256. The van der Waals surface area contributed by atoms with Crippen LogP contribution in [0, 0.1) is 0 Å². The summed E-state index contributed by atoms with van der Waals surface area (Å²) in [5, 5.41) is 11.5. The van der Waals surface area contributed by atoms with E-state index in [1.165, 1.54) is 36.2 Å². The molecule has 0 radical (unpaired) electrons. The Morgan fingerprint density at radius 2 is 2.17 bits per heavy atom. The van der Waals surface area contributed by atoms with Crippen LogP contribution in [0.15, 0.2) is 48.6 Å². The van der Waals surface area contributed by atoms with Crippen LogP contribution in [0.1, 0.15) is 5.56 Å². The molecule has 0 saturated heterocycles. The van der Waals surface area contributed by atoms with E-state index in [0.717, 1.165) is 5.56 Å². The number of nitrogens with zero attached hydrogens (tertiary/aromatic N) is 4. The topological polar surface area (TPSA) is 78.6 Å². The number of benzene rings is 1. The van der Waals surface area contributed by atoms with Crippen molar-refractivity contribution >= 4 is 23.9 Å². The van der Waals surface area contributed by atoms with Crippen LogP contribution < -0.4 is 9.47 Å². The third-order valence-corrected chi connectivity index (χ3v) is 3.53. The van der Waals surface area contributed by atoms with Gasteiger partial charge < -0.3 is 9.47 Å². The Morgan fingerprint density at radius 1 is 1.39 bits per heavy atom. The highest BCUT2D eigenvalue weighted by molar-refractivity contribution is 8.00. The van der Waals surface area contributed by atoms with E-state index in [1.807, 2.05) is 0 Å². The van der Waals surface area contributed by atoms with Crippen molar-refractivity contribution < 1.29 is 14.3 Å². The van der Waals surface area contributed by atoms with Gasteiger partial charge in [0.2, 0.25) is 0 Å². The van der Waals surface area contributed by atoms with Gasteiger partial charge in [-0.1, -0.05) is 6.08 Å². The van der Waals surface area contributed by atoms with Gasteiger partial charge in [0.25, 0.3) is 0 Å². The van der Waals surface area contributed by atoms with Gasteiger partial charge >= 0.3 is 5.97 Å². The normalized spacial score (nSPS) is 10.7. The molecule has 0 unspecified atom stereocenters. The van der Waals surface area contributed by atoms with E-state index < -0.39 is 0 Å². The lowest BCUT2D eigenvalue weighted by Gasteiger charge is -2.09. The van der Waals surface area contributed by atoms with E-state index in [2.05, 4.69) is 21.9 Å². The zero-order valence-electron chi connectivity index (χ0n) is 12.6. The van der Waals surface area contributed by atoms with E-state index in [4.69, 9.17) is 9.47 Å². The Balaban J connectivity index is 2.04. The van der Waals surface area contributed by atoms with E-state index in [1.54, 1.807) is 30.5 Å². The maximum Gasteiger partial charge on any atom is 0.321 e. The smallest absolute Gasteiger partial charge is 0.321 e. The third-order valence-electron chi connectivity index (χ3n) is 2.61. The molecule has 7 nitrogen and oxygen atoms in total. The number of hydrogen-bond donors (Lipinski definition) is 0. The first-order valence-corrected chi connectivity index (χ1v) is 7.84. The van der Waals surface area contributed by atoms with Crippen molar-refractivity contribution in [3.05, 3.63) is 49.1 Å². The quantitative estimate of drug-likeness (QED) is 0.242. The van der Waals surface area contributed by atoms with Crippen molar-refractivity contribution in [3.8, 4) is 11.5 Å².